The lowest BCUT2D eigenvalue weighted by Crippen LogP contribution is -2.52. The molecule has 0 aromatic carbocycles. The van der Waals surface area contributed by atoms with Gasteiger partial charge in [0.15, 0.2) is 0 Å². The monoisotopic (exact) mass is 253 g/mol. The van der Waals surface area contributed by atoms with E-state index in [4.69, 9.17) is 5.73 Å². The average molecular weight is 253 g/mol. The molecule has 1 amide bonds. The fourth-order valence-corrected chi connectivity index (χ4v) is 3.26. The van der Waals surface area contributed by atoms with Crippen molar-refractivity contribution < 1.29 is 4.79 Å². The fourth-order valence-electron chi connectivity index (χ4n) is 3.26. The normalized spacial score (nSPS) is 31.6. The molecule has 2 unspecified atom stereocenters. The second kappa shape index (κ2) is 6.02. The number of carbonyl (C=O) groups excluding carboxylic acids is 1. The van der Waals surface area contributed by atoms with Gasteiger partial charge in [-0.2, -0.15) is 0 Å². The molecule has 0 aromatic rings. The zero-order valence-electron chi connectivity index (χ0n) is 11.8. The van der Waals surface area contributed by atoms with Crippen LogP contribution in [0.4, 0.5) is 0 Å². The molecule has 18 heavy (non-hydrogen) atoms. The van der Waals surface area contributed by atoms with E-state index in [9.17, 15) is 4.79 Å². The van der Waals surface area contributed by atoms with Gasteiger partial charge in [-0.05, 0) is 51.7 Å². The van der Waals surface area contributed by atoms with Gasteiger partial charge in [0.2, 0.25) is 5.91 Å². The molecule has 2 fully saturated rings. The van der Waals surface area contributed by atoms with Crippen LogP contribution in [-0.2, 0) is 4.79 Å². The number of nitrogens with zero attached hydrogens (tertiary/aromatic N) is 2. The molecule has 0 aliphatic carbocycles. The van der Waals surface area contributed by atoms with Crippen molar-refractivity contribution >= 4 is 5.91 Å². The number of hydrogen-bond donors (Lipinski definition) is 1. The van der Waals surface area contributed by atoms with Crippen molar-refractivity contribution in [3.63, 3.8) is 0 Å². The Balaban J connectivity index is 1.95. The smallest absolute Gasteiger partial charge is 0.226 e. The van der Waals surface area contributed by atoms with Crippen molar-refractivity contribution in [2.24, 2.45) is 17.6 Å². The first-order valence-corrected chi connectivity index (χ1v) is 7.31. The molecule has 0 saturated carbocycles. The molecule has 104 valence electrons. The molecule has 0 radical (unpaired) electrons. The molecule has 0 bridgehead atoms. The van der Waals surface area contributed by atoms with E-state index in [-0.39, 0.29) is 12.0 Å². The first kappa shape index (κ1) is 13.8. The summed E-state index contributed by atoms with van der Waals surface area (Å²) in [5.41, 5.74) is 5.84. The summed E-state index contributed by atoms with van der Waals surface area (Å²) in [6.45, 7) is 5.89. The summed E-state index contributed by atoms with van der Waals surface area (Å²) in [6, 6.07) is 0.279. The average Bonchev–Trinajstić information content (AvgIpc) is 2.38. The Morgan fingerprint density at radius 1 is 1.22 bits per heavy atom. The molecule has 0 spiro atoms. The second-order valence-electron chi connectivity index (χ2n) is 6.13. The zero-order chi connectivity index (χ0) is 13.1. The zero-order valence-corrected chi connectivity index (χ0v) is 11.8. The standard InChI is InChI=1S/C14H27N3O/c1-11-3-8-17(13(9-11)10-15)14(18)12-4-6-16(2)7-5-12/h11-13H,3-10,15H2,1-2H3. The molecule has 2 saturated heterocycles. The molecular formula is C14H27N3O. The van der Waals surface area contributed by atoms with Gasteiger partial charge in [0.25, 0.3) is 0 Å². The molecule has 4 nitrogen and oxygen atoms in total. The summed E-state index contributed by atoms with van der Waals surface area (Å²) in [7, 11) is 2.13. The lowest BCUT2D eigenvalue weighted by molar-refractivity contribution is -0.141. The molecule has 2 N–H and O–H groups in total. The van der Waals surface area contributed by atoms with Crippen LogP contribution in [0.5, 0.6) is 0 Å². The third-order valence-corrected chi connectivity index (χ3v) is 4.60. The van der Waals surface area contributed by atoms with Crippen LogP contribution in [0, 0.1) is 11.8 Å². The number of nitrogens with two attached hydrogens (primary N) is 1. The van der Waals surface area contributed by atoms with Gasteiger partial charge in [0, 0.05) is 25.0 Å². The van der Waals surface area contributed by atoms with Crippen molar-refractivity contribution in [3.05, 3.63) is 0 Å². The maximum atomic E-state index is 12.6. The van der Waals surface area contributed by atoms with E-state index in [1.165, 1.54) is 0 Å². The van der Waals surface area contributed by atoms with Gasteiger partial charge in [-0.25, -0.2) is 0 Å². The van der Waals surface area contributed by atoms with Crippen LogP contribution in [0.1, 0.15) is 32.6 Å². The van der Waals surface area contributed by atoms with Crippen molar-refractivity contribution in [1.29, 1.82) is 0 Å². The van der Waals surface area contributed by atoms with Gasteiger partial charge in [0.1, 0.15) is 0 Å². The lowest BCUT2D eigenvalue weighted by Gasteiger charge is -2.41. The summed E-state index contributed by atoms with van der Waals surface area (Å²) in [6.07, 6.45) is 4.24. The third-order valence-electron chi connectivity index (χ3n) is 4.60. The Morgan fingerprint density at radius 2 is 1.89 bits per heavy atom. The predicted molar refractivity (Wildman–Crippen MR) is 73.2 cm³/mol. The van der Waals surface area contributed by atoms with Gasteiger partial charge in [0.05, 0.1) is 0 Å². The van der Waals surface area contributed by atoms with Crippen LogP contribution in [-0.4, -0.2) is 55.0 Å². The van der Waals surface area contributed by atoms with E-state index < -0.39 is 0 Å². The van der Waals surface area contributed by atoms with Crippen LogP contribution in [0.3, 0.4) is 0 Å². The number of hydrogen-bond acceptors (Lipinski definition) is 3. The SMILES string of the molecule is CC1CCN(C(=O)C2CCN(C)CC2)C(CN)C1. The van der Waals surface area contributed by atoms with Crippen molar-refractivity contribution in [2.75, 3.05) is 33.2 Å². The quantitative estimate of drug-likeness (QED) is 0.796. The largest absolute Gasteiger partial charge is 0.338 e. The van der Waals surface area contributed by atoms with Crippen molar-refractivity contribution in [1.82, 2.24) is 9.80 Å². The Kier molecular flexibility index (Phi) is 4.62. The van der Waals surface area contributed by atoms with Gasteiger partial charge in [-0.3, -0.25) is 4.79 Å². The van der Waals surface area contributed by atoms with Gasteiger partial charge in [-0.1, -0.05) is 6.92 Å². The molecule has 2 heterocycles. The van der Waals surface area contributed by atoms with E-state index in [1.807, 2.05) is 0 Å². The number of carbonyl (C=O) groups is 1. The Bertz CT molecular complexity index is 287. The number of rotatable bonds is 2. The minimum Gasteiger partial charge on any atom is -0.338 e. The van der Waals surface area contributed by atoms with E-state index >= 15 is 0 Å². The Hall–Kier alpha value is -0.610. The highest BCUT2D eigenvalue weighted by molar-refractivity contribution is 5.79. The van der Waals surface area contributed by atoms with E-state index in [1.54, 1.807) is 0 Å². The van der Waals surface area contributed by atoms with Gasteiger partial charge in [-0.15, -0.1) is 0 Å². The minimum atomic E-state index is 0.239. The molecule has 2 aliphatic heterocycles. The fraction of sp³-hybridized carbons (Fsp3) is 0.929. The number of likely N-dealkylation sites (tertiary alicyclic amines) is 2. The summed E-state index contributed by atoms with van der Waals surface area (Å²) in [4.78, 5) is 17.0. The lowest BCUT2D eigenvalue weighted by atomic mass is 9.89. The van der Waals surface area contributed by atoms with Gasteiger partial charge < -0.3 is 15.5 Å². The molecule has 2 rings (SSSR count). The van der Waals surface area contributed by atoms with Crippen molar-refractivity contribution in [2.45, 2.75) is 38.6 Å². The first-order chi connectivity index (χ1) is 8.61. The van der Waals surface area contributed by atoms with Crippen LogP contribution in [0.2, 0.25) is 0 Å². The molecule has 0 aromatic heterocycles. The number of amides is 1. The van der Waals surface area contributed by atoms with Gasteiger partial charge >= 0.3 is 0 Å². The van der Waals surface area contributed by atoms with E-state index in [0.29, 0.717) is 18.4 Å². The highest BCUT2D eigenvalue weighted by Crippen LogP contribution is 2.26. The summed E-state index contributed by atoms with van der Waals surface area (Å²) >= 11 is 0. The van der Waals surface area contributed by atoms with Crippen molar-refractivity contribution in [3.8, 4) is 0 Å². The predicted octanol–water partition coefficient (Wildman–Crippen LogP) is 0.914. The van der Waals surface area contributed by atoms with Crippen LogP contribution >= 0.6 is 0 Å². The minimum absolute atomic E-state index is 0.239. The molecular weight excluding hydrogens is 226 g/mol. The van der Waals surface area contributed by atoms with Crippen LogP contribution < -0.4 is 5.73 Å². The molecule has 2 aliphatic rings. The number of piperidine rings is 2. The molecule has 2 atom stereocenters. The van der Waals surface area contributed by atoms with Crippen LogP contribution in [0.15, 0.2) is 0 Å². The Morgan fingerprint density at radius 3 is 2.50 bits per heavy atom. The maximum Gasteiger partial charge on any atom is 0.226 e. The molecule has 4 heteroatoms. The van der Waals surface area contributed by atoms with Crippen LogP contribution in [0.25, 0.3) is 0 Å². The highest BCUT2D eigenvalue weighted by Gasteiger charge is 2.33. The topological polar surface area (TPSA) is 49.6 Å². The summed E-state index contributed by atoms with van der Waals surface area (Å²) in [5.74, 6) is 1.31. The van der Waals surface area contributed by atoms with E-state index in [0.717, 1.165) is 45.3 Å². The highest BCUT2D eigenvalue weighted by atomic mass is 16.2. The Labute approximate surface area is 110 Å². The first-order valence-electron chi connectivity index (χ1n) is 7.31. The second-order valence-corrected chi connectivity index (χ2v) is 6.13. The van der Waals surface area contributed by atoms with E-state index in [2.05, 4.69) is 23.8 Å². The summed E-state index contributed by atoms with van der Waals surface area (Å²) in [5, 5.41) is 0. The summed E-state index contributed by atoms with van der Waals surface area (Å²) < 4.78 is 0. The maximum absolute atomic E-state index is 12.6. The third kappa shape index (κ3) is 3.04.